The maximum absolute atomic E-state index is 11.6. The van der Waals surface area contributed by atoms with E-state index in [1.54, 1.807) is 0 Å². The van der Waals surface area contributed by atoms with Crippen LogP contribution < -0.4 is 5.73 Å². The molecule has 0 aromatic heterocycles. The Hall–Kier alpha value is -2.35. The number of esters is 1. The van der Waals surface area contributed by atoms with E-state index in [4.69, 9.17) is 15.2 Å². The average molecular weight is 399 g/mol. The molecular weight excluding hydrogens is 378 g/mol. The molecule has 0 aromatic rings. The summed E-state index contributed by atoms with van der Waals surface area (Å²) < 4.78 is 9.71. The summed E-state index contributed by atoms with van der Waals surface area (Å²) in [5, 5.41) is 17.4. The zero-order valence-corrected chi connectivity index (χ0v) is 14.7. The van der Waals surface area contributed by atoms with Gasteiger partial charge >= 0.3 is 11.3 Å². The van der Waals surface area contributed by atoms with Crippen LogP contribution in [0.5, 0.6) is 0 Å². The summed E-state index contributed by atoms with van der Waals surface area (Å²) in [6, 6.07) is -1.02. The zero-order valence-electron chi connectivity index (χ0n) is 13.9. The smallest absolute Gasteiger partial charge is 0.367 e. The van der Waals surface area contributed by atoms with Crippen LogP contribution in [0.2, 0.25) is 0 Å². The van der Waals surface area contributed by atoms with Gasteiger partial charge in [0.05, 0.1) is 26.4 Å². The quantitative estimate of drug-likeness (QED) is 0.176. The van der Waals surface area contributed by atoms with Crippen molar-refractivity contribution in [3.8, 4) is 0 Å². The van der Waals surface area contributed by atoms with Crippen LogP contribution in [0, 0.1) is 20.2 Å². The van der Waals surface area contributed by atoms with Crippen molar-refractivity contribution in [1.29, 1.82) is 0 Å². The lowest BCUT2D eigenvalue weighted by Gasteiger charge is -2.11. The van der Waals surface area contributed by atoms with Gasteiger partial charge in [-0.2, -0.15) is 0 Å². The van der Waals surface area contributed by atoms with Gasteiger partial charge in [0.2, 0.25) is 0 Å². The molecule has 150 valence electrons. The van der Waals surface area contributed by atoms with Crippen LogP contribution in [0.4, 0.5) is 4.79 Å². The number of nitrogens with two attached hydrogens (primary N) is 1. The summed E-state index contributed by atoms with van der Waals surface area (Å²) >= 11 is 0.711. The first-order chi connectivity index (χ1) is 12.3. The van der Waals surface area contributed by atoms with E-state index in [0.29, 0.717) is 37.4 Å². The number of nitrogens with zero attached hydrogens (tertiary/aromatic N) is 2. The van der Waals surface area contributed by atoms with Crippen molar-refractivity contribution in [2.45, 2.75) is 31.7 Å². The van der Waals surface area contributed by atoms with Crippen molar-refractivity contribution in [2.24, 2.45) is 5.73 Å². The van der Waals surface area contributed by atoms with Crippen LogP contribution in [0.15, 0.2) is 0 Å². The minimum Gasteiger partial charge on any atom is -0.465 e. The first-order valence-electron chi connectivity index (χ1n) is 7.59. The molecule has 26 heavy (non-hydrogen) atoms. The molecule has 0 aromatic carbocycles. The molecule has 0 fully saturated rings. The van der Waals surface area contributed by atoms with E-state index in [2.05, 4.69) is 9.68 Å². The molecule has 0 saturated carbocycles. The highest BCUT2D eigenvalue weighted by atomic mass is 32.2. The van der Waals surface area contributed by atoms with Crippen molar-refractivity contribution in [1.82, 2.24) is 0 Å². The lowest BCUT2D eigenvalue weighted by molar-refractivity contribution is -0.757. The summed E-state index contributed by atoms with van der Waals surface area (Å²) in [5.74, 6) is -0.732. The summed E-state index contributed by atoms with van der Waals surface area (Å²) in [7, 11) is 0. The van der Waals surface area contributed by atoms with Crippen LogP contribution in [0.3, 0.4) is 0 Å². The van der Waals surface area contributed by atoms with Gasteiger partial charge in [-0.25, -0.2) is 4.79 Å². The molecule has 0 amide bonds. The van der Waals surface area contributed by atoms with Gasteiger partial charge < -0.3 is 24.9 Å². The molecule has 1 unspecified atom stereocenters. The second-order valence-electron chi connectivity index (χ2n) is 4.71. The molecule has 0 aliphatic carbocycles. The van der Waals surface area contributed by atoms with Gasteiger partial charge in [0.25, 0.3) is 10.2 Å². The SMILES string of the molecule is NC(CSC(=O)OCCCCO[N+](=O)[O-])C(=O)OCCCCO[N+](=O)[O-]. The number of thioether (sulfide) groups is 1. The van der Waals surface area contributed by atoms with Crippen molar-refractivity contribution in [2.75, 3.05) is 32.2 Å². The highest BCUT2D eigenvalue weighted by molar-refractivity contribution is 8.13. The lowest BCUT2D eigenvalue weighted by atomic mass is 10.3. The number of ether oxygens (including phenoxy) is 2. The second kappa shape index (κ2) is 14.9. The van der Waals surface area contributed by atoms with E-state index in [1.165, 1.54) is 0 Å². The van der Waals surface area contributed by atoms with E-state index in [-0.39, 0.29) is 32.2 Å². The Balaban J connectivity index is 3.61. The summed E-state index contributed by atoms with van der Waals surface area (Å²) in [4.78, 5) is 51.0. The highest BCUT2D eigenvalue weighted by Gasteiger charge is 2.17. The van der Waals surface area contributed by atoms with Gasteiger partial charge in [-0.3, -0.25) is 4.79 Å². The number of unbranched alkanes of at least 4 members (excludes halogenated alkanes) is 2. The first-order valence-corrected chi connectivity index (χ1v) is 8.58. The average Bonchev–Trinajstić information content (AvgIpc) is 2.58. The van der Waals surface area contributed by atoms with Gasteiger partial charge in [0.1, 0.15) is 6.04 Å². The largest absolute Gasteiger partial charge is 0.465 e. The molecule has 0 bridgehead atoms. The standard InChI is InChI=1S/C12H21N3O10S/c13-10(11(16)22-5-1-3-7-24-14(18)19)9-26-12(17)23-6-2-4-8-25-15(20)21/h10H,1-9,13H2. The van der Waals surface area contributed by atoms with Crippen molar-refractivity contribution in [3.63, 3.8) is 0 Å². The Labute approximate surface area is 152 Å². The van der Waals surface area contributed by atoms with Gasteiger partial charge in [-0.1, -0.05) is 0 Å². The Morgan fingerprint density at radius 1 is 0.885 bits per heavy atom. The lowest BCUT2D eigenvalue weighted by Crippen LogP contribution is -2.35. The fourth-order valence-corrected chi connectivity index (χ4v) is 2.01. The normalized spacial score (nSPS) is 11.3. The van der Waals surface area contributed by atoms with Gasteiger partial charge in [-0.15, -0.1) is 20.2 Å². The summed E-state index contributed by atoms with van der Waals surface area (Å²) in [5.41, 5.74) is 5.57. The van der Waals surface area contributed by atoms with Gasteiger partial charge in [0.15, 0.2) is 0 Å². The molecule has 1 atom stereocenters. The Kier molecular flexibility index (Phi) is 13.6. The number of carbonyl (C=O) groups is 2. The van der Waals surface area contributed by atoms with E-state index in [9.17, 15) is 29.8 Å². The van der Waals surface area contributed by atoms with Crippen LogP contribution >= 0.6 is 11.8 Å². The van der Waals surface area contributed by atoms with Crippen LogP contribution in [0.1, 0.15) is 25.7 Å². The van der Waals surface area contributed by atoms with Crippen LogP contribution in [-0.4, -0.2) is 59.7 Å². The Bertz CT molecular complexity index is 465. The monoisotopic (exact) mass is 399 g/mol. The van der Waals surface area contributed by atoms with E-state index in [1.807, 2.05) is 0 Å². The summed E-state index contributed by atoms with van der Waals surface area (Å²) in [6.07, 6.45) is 1.48. The third-order valence-corrected chi connectivity index (χ3v) is 3.50. The maximum atomic E-state index is 11.6. The fourth-order valence-electron chi connectivity index (χ4n) is 1.39. The maximum Gasteiger partial charge on any atom is 0.367 e. The molecule has 13 nitrogen and oxygen atoms in total. The molecule has 0 heterocycles. The minimum absolute atomic E-state index is 0.0352. The van der Waals surface area contributed by atoms with Crippen LogP contribution in [-0.2, 0) is 23.9 Å². The van der Waals surface area contributed by atoms with Gasteiger partial charge in [-0.05, 0) is 37.4 Å². The number of rotatable bonds is 15. The fraction of sp³-hybridized carbons (Fsp3) is 0.833. The van der Waals surface area contributed by atoms with Gasteiger partial charge in [0, 0.05) is 5.75 Å². The number of hydrogen-bond acceptors (Lipinski definition) is 12. The Morgan fingerprint density at radius 3 is 1.85 bits per heavy atom. The molecule has 0 rings (SSSR count). The number of hydrogen-bond donors (Lipinski definition) is 1. The first kappa shape index (κ1) is 23.6. The van der Waals surface area contributed by atoms with E-state index < -0.39 is 27.5 Å². The van der Waals surface area contributed by atoms with Crippen LogP contribution in [0.25, 0.3) is 0 Å². The third kappa shape index (κ3) is 15.2. The zero-order chi connectivity index (χ0) is 19.8. The van der Waals surface area contributed by atoms with E-state index in [0.717, 1.165) is 0 Å². The minimum atomic E-state index is -1.02. The molecule has 0 saturated heterocycles. The second-order valence-corrected chi connectivity index (χ2v) is 5.67. The van der Waals surface area contributed by atoms with Crippen molar-refractivity contribution < 1.29 is 38.9 Å². The third-order valence-electron chi connectivity index (χ3n) is 2.62. The molecule has 0 radical (unpaired) electrons. The molecular formula is C12H21N3O10S. The molecule has 14 heteroatoms. The molecule has 0 spiro atoms. The molecule has 0 aliphatic heterocycles. The predicted octanol–water partition coefficient (Wildman–Crippen LogP) is 0.704. The van der Waals surface area contributed by atoms with Crippen molar-refractivity contribution >= 4 is 23.0 Å². The molecule has 0 aliphatic rings. The molecule has 2 N–H and O–H groups in total. The Morgan fingerprint density at radius 2 is 1.35 bits per heavy atom. The predicted molar refractivity (Wildman–Crippen MR) is 87.1 cm³/mol. The topological polar surface area (TPSA) is 183 Å². The van der Waals surface area contributed by atoms with Crippen molar-refractivity contribution in [3.05, 3.63) is 20.2 Å². The highest BCUT2D eigenvalue weighted by Crippen LogP contribution is 2.08. The van der Waals surface area contributed by atoms with E-state index >= 15 is 0 Å². The summed E-state index contributed by atoms with van der Waals surface area (Å²) in [6.45, 7) is -0.0588. The number of carbonyl (C=O) groups excluding carboxylic acids is 2.